The molecule has 22 heavy (non-hydrogen) atoms. The standard InChI is InChI=1S/C16H13ClN4O/c17-12-8-18-15-7-14(19-21(15)9-12)16-13-4-2-1-3-11(13)5-6-20(16)10-22/h1-4,7-10,16H,5-6H2. The molecule has 1 aromatic carbocycles. The Labute approximate surface area is 132 Å². The first-order valence-electron chi connectivity index (χ1n) is 7.06. The number of carbonyl (C=O) groups excluding carboxylic acids is 1. The van der Waals surface area contributed by atoms with Gasteiger partial charge in [0.25, 0.3) is 0 Å². The number of nitrogens with zero attached hydrogens (tertiary/aromatic N) is 4. The Bertz CT molecular complexity index is 860. The van der Waals surface area contributed by atoms with Gasteiger partial charge in [-0.1, -0.05) is 35.9 Å². The van der Waals surface area contributed by atoms with E-state index in [2.05, 4.69) is 22.2 Å². The summed E-state index contributed by atoms with van der Waals surface area (Å²) < 4.78 is 1.65. The van der Waals surface area contributed by atoms with E-state index in [1.807, 2.05) is 18.2 Å². The Balaban J connectivity index is 1.88. The molecular weight excluding hydrogens is 300 g/mol. The third-order valence-corrected chi connectivity index (χ3v) is 4.23. The van der Waals surface area contributed by atoms with Crippen molar-refractivity contribution in [1.82, 2.24) is 19.5 Å². The van der Waals surface area contributed by atoms with E-state index >= 15 is 0 Å². The van der Waals surface area contributed by atoms with E-state index in [4.69, 9.17) is 11.6 Å². The zero-order valence-corrected chi connectivity index (χ0v) is 12.4. The summed E-state index contributed by atoms with van der Waals surface area (Å²) in [6, 6.07) is 9.90. The third-order valence-electron chi connectivity index (χ3n) is 4.04. The zero-order valence-electron chi connectivity index (χ0n) is 11.7. The summed E-state index contributed by atoms with van der Waals surface area (Å²) in [7, 11) is 0. The predicted molar refractivity (Wildman–Crippen MR) is 82.8 cm³/mol. The Hall–Kier alpha value is -2.40. The highest BCUT2D eigenvalue weighted by Gasteiger charge is 2.29. The van der Waals surface area contributed by atoms with Crippen LogP contribution in [0, 0.1) is 0 Å². The summed E-state index contributed by atoms with van der Waals surface area (Å²) in [6.07, 6.45) is 5.07. The first kappa shape index (κ1) is 13.3. The molecule has 110 valence electrons. The molecule has 3 heterocycles. The highest BCUT2D eigenvalue weighted by molar-refractivity contribution is 6.30. The van der Waals surface area contributed by atoms with Crippen LogP contribution in [0.2, 0.25) is 5.02 Å². The van der Waals surface area contributed by atoms with Crippen LogP contribution in [0.25, 0.3) is 5.65 Å². The van der Waals surface area contributed by atoms with E-state index in [-0.39, 0.29) is 6.04 Å². The lowest BCUT2D eigenvalue weighted by molar-refractivity contribution is -0.120. The minimum atomic E-state index is -0.178. The number of hydrogen-bond acceptors (Lipinski definition) is 3. The molecule has 0 saturated heterocycles. The quantitative estimate of drug-likeness (QED) is 0.683. The number of benzene rings is 1. The number of fused-ring (bicyclic) bond motifs is 2. The van der Waals surface area contributed by atoms with Crippen LogP contribution < -0.4 is 0 Å². The van der Waals surface area contributed by atoms with Crippen LogP contribution in [0.15, 0.2) is 42.7 Å². The summed E-state index contributed by atoms with van der Waals surface area (Å²) in [5.41, 5.74) is 3.89. The van der Waals surface area contributed by atoms with Crippen LogP contribution in [-0.4, -0.2) is 32.5 Å². The molecule has 1 aliphatic rings. The van der Waals surface area contributed by atoms with Crippen molar-refractivity contribution in [3.63, 3.8) is 0 Å². The Kier molecular flexibility index (Phi) is 3.08. The number of carbonyl (C=O) groups is 1. The predicted octanol–water partition coefficient (Wildman–Crippen LogP) is 2.49. The third kappa shape index (κ3) is 2.05. The average molecular weight is 313 g/mol. The molecule has 0 N–H and O–H groups in total. The monoisotopic (exact) mass is 312 g/mol. The van der Waals surface area contributed by atoms with E-state index in [0.29, 0.717) is 17.2 Å². The van der Waals surface area contributed by atoms with Crippen molar-refractivity contribution < 1.29 is 4.79 Å². The van der Waals surface area contributed by atoms with E-state index in [9.17, 15) is 4.79 Å². The largest absolute Gasteiger partial charge is 0.332 e. The van der Waals surface area contributed by atoms with Gasteiger partial charge in [0.2, 0.25) is 6.41 Å². The van der Waals surface area contributed by atoms with E-state index in [1.165, 1.54) is 5.56 Å². The molecule has 1 atom stereocenters. The van der Waals surface area contributed by atoms with E-state index in [0.717, 1.165) is 24.1 Å². The number of rotatable bonds is 2. The zero-order chi connectivity index (χ0) is 15.1. The van der Waals surface area contributed by atoms with Crippen molar-refractivity contribution >= 4 is 23.7 Å². The first-order chi connectivity index (χ1) is 10.8. The van der Waals surface area contributed by atoms with Crippen LogP contribution in [0.1, 0.15) is 22.9 Å². The maximum Gasteiger partial charge on any atom is 0.210 e. The molecule has 4 rings (SSSR count). The van der Waals surface area contributed by atoms with Crippen molar-refractivity contribution in [2.24, 2.45) is 0 Å². The molecular formula is C16H13ClN4O. The van der Waals surface area contributed by atoms with Crippen LogP contribution in [-0.2, 0) is 11.2 Å². The van der Waals surface area contributed by atoms with Gasteiger partial charge < -0.3 is 4.90 Å². The van der Waals surface area contributed by atoms with Gasteiger partial charge in [-0.25, -0.2) is 9.50 Å². The van der Waals surface area contributed by atoms with Gasteiger partial charge >= 0.3 is 0 Å². The summed E-state index contributed by atoms with van der Waals surface area (Å²) in [4.78, 5) is 17.5. The molecule has 0 saturated carbocycles. The molecule has 1 unspecified atom stereocenters. The first-order valence-corrected chi connectivity index (χ1v) is 7.44. The summed E-state index contributed by atoms with van der Waals surface area (Å²) in [5.74, 6) is 0. The van der Waals surface area contributed by atoms with Gasteiger partial charge in [-0.05, 0) is 17.5 Å². The van der Waals surface area contributed by atoms with Gasteiger partial charge in [0, 0.05) is 18.8 Å². The molecule has 6 heteroatoms. The molecule has 1 aliphatic heterocycles. The van der Waals surface area contributed by atoms with Crippen molar-refractivity contribution in [2.75, 3.05) is 6.54 Å². The van der Waals surface area contributed by atoms with Gasteiger partial charge in [0.15, 0.2) is 5.65 Å². The number of hydrogen-bond donors (Lipinski definition) is 0. The normalized spacial score (nSPS) is 17.5. The van der Waals surface area contributed by atoms with Gasteiger partial charge in [-0.3, -0.25) is 4.79 Å². The van der Waals surface area contributed by atoms with E-state index in [1.54, 1.807) is 21.8 Å². The Morgan fingerprint density at radius 1 is 1.32 bits per heavy atom. The molecule has 1 amide bonds. The highest BCUT2D eigenvalue weighted by atomic mass is 35.5. The number of amides is 1. The average Bonchev–Trinajstić information content (AvgIpc) is 2.96. The minimum Gasteiger partial charge on any atom is -0.332 e. The maximum atomic E-state index is 11.5. The molecule has 5 nitrogen and oxygen atoms in total. The minimum absolute atomic E-state index is 0.178. The topological polar surface area (TPSA) is 50.5 Å². The molecule has 0 bridgehead atoms. The lowest BCUT2D eigenvalue weighted by Gasteiger charge is -2.33. The smallest absolute Gasteiger partial charge is 0.210 e. The second-order valence-corrected chi connectivity index (χ2v) is 5.78. The fraction of sp³-hybridized carbons (Fsp3) is 0.188. The Morgan fingerprint density at radius 2 is 2.18 bits per heavy atom. The fourth-order valence-electron chi connectivity index (χ4n) is 3.03. The van der Waals surface area contributed by atoms with Crippen molar-refractivity contribution in [3.05, 3.63) is 64.6 Å². The molecule has 0 aliphatic carbocycles. The number of aromatic nitrogens is 3. The summed E-state index contributed by atoms with van der Waals surface area (Å²) in [5, 5.41) is 5.09. The molecule has 0 fully saturated rings. The van der Waals surface area contributed by atoms with Crippen molar-refractivity contribution in [3.8, 4) is 0 Å². The Morgan fingerprint density at radius 3 is 3.05 bits per heavy atom. The highest BCUT2D eigenvalue weighted by Crippen LogP contribution is 2.33. The lowest BCUT2D eigenvalue weighted by Crippen LogP contribution is -2.35. The van der Waals surface area contributed by atoms with E-state index < -0.39 is 0 Å². The second-order valence-electron chi connectivity index (χ2n) is 5.34. The van der Waals surface area contributed by atoms with Gasteiger partial charge in [-0.2, -0.15) is 5.10 Å². The summed E-state index contributed by atoms with van der Waals surface area (Å²) >= 11 is 5.96. The van der Waals surface area contributed by atoms with Gasteiger partial charge in [0.1, 0.15) is 6.04 Å². The molecule has 0 radical (unpaired) electrons. The van der Waals surface area contributed by atoms with Crippen LogP contribution in [0.3, 0.4) is 0 Å². The maximum absolute atomic E-state index is 11.5. The van der Waals surface area contributed by atoms with Crippen LogP contribution >= 0.6 is 11.6 Å². The van der Waals surface area contributed by atoms with Crippen molar-refractivity contribution in [1.29, 1.82) is 0 Å². The number of halogens is 1. The molecule has 0 spiro atoms. The van der Waals surface area contributed by atoms with Gasteiger partial charge in [0.05, 0.1) is 16.9 Å². The fourth-order valence-corrected chi connectivity index (χ4v) is 3.18. The SMILES string of the molecule is O=CN1CCc2ccccc2C1c1cc2ncc(Cl)cn2n1. The molecule has 3 aromatic rings. The second kappa shape index (κ2) is 5.10. The summed E-state index contributed by atoms with van der Waals surface area (Å²) in [6.45, 7) is 0.688. The van der Waals surface area contributed by atoms with Crippen LogP contribution in [0.5, 0.6) is 0 Å². The lowest BCUT2D eigenvalue weighted by atomic mass is 9.91. The van der Waals surface area contributed by atoms with Crippen LogP contribution in [0.4, 0.5) is 0 Å². The van der Waals surface area contributed by atoms with Gasteiger partial charge in [-0.15, -0.1) is 0 Å². The van der Waals surface area contributed by atoms with Crippen molar-refractivity contribution in [2.45, 2.75) is 12.5 Å². The molecule has 2 aromatic heterocycles.